The highest BCUT2D eigenvalue weighted by atomic mass is 16.3. The van der Waals surface area contributed by atoms with E-state index in [1.807, 2.05) is 6.07 Å². The molecule has 6 aromatic rings. The van der Waals surface area contributed by atoms with Gasteiger partial charge >= 0.3 is 0 Å². The topological polar surface area (TPSA) is 19.6 Å². The molecule has 2 unspecified atom stereocenters. The Balaban J connectivity index is 1.35. The predicted octanol–water partition coefficient (Wildman–Crippen LogP) is 9.68. The fraction of sp³-hybridized carbons (Fsp3) is 0.105. The van der Waals surface area contributed by atoms with Gasteiger partial charge in [0.1, 0.15) is 11.2 Å². The molecule has 1 aromatic heterocycles. The van der Waals surface area contributed by atoms with E-state index in [-0.39, 0.29) is 12.0 Å². The average Bonchev–Trinajstić information content (AvgIpc) is 3.60. The Morgan fingerprint density at radius 1 is 0.659 bits per heavy atom. The largest absolute Gasteiger partial charge is 0.456 e. The van der Waals surface area contributed by atoms with Crippen LogP contribution in [0.25, 0.3) is 33.1 Å². The van der Waals surface area contributed by atoms with E-state index in [9.17, 15) is 0 Å². The number of nitrogens with zero attached hydrogens (tertiary/aromatic N) is 2. The van der Waals surface area contributed by atoms with Crippen LogP contribution in [-0.2, 0) is 6.42 Å². The number of rotatable bonds is 2. The molecule has 1 aliphatic carbocycles. The number of hydrogen-bond donors (Lipinski definition) is 0. The molecular weight excluding hydrogens is 500 g/mol. The normalized spacial score (nSPS) is 18.7. The van der Waals surface area contributed by atoms with Crippen LogP contribution in [0, 0.1) is 0 Å². The first-order valence-electron chi connectivity index (χ1n) is 14.5. The Hall–Kier alpha value is -5.02. The summed E-state index contributed by atoms with van der Waals surface area (Å²) >= 11 is 0. The van der Waals surface area contributed by atoms with Gasteiger partial charge in [-0.2, -0.15) is 0 Å². The fourth-order valence-corrected chi connectivity index (χ4v) is 7.29. The van der Waals surface area contributed by atoms with Gasteiger partial charge in [-0.05, 0) is 65.6 Å². The monoisotopic (exact) mass is 528 g/mol. The molecular formula is C38H28N2O. The van der Waals surface area contributed by atoms with E-state index in [0.29, 0.717) is 0 Å². The molecule has 9 rings (SSSR count). The van der Waals surface area contributed by atoms with E-state index in [1.54, 1.807) is 0 Å². The van der Waals surface area contributed by atoms with Crippen LogP contribution in [0.2, 0.25) is 0 Å². The Morgan fingerprint density at radius 2 is 1.46 bits per heavy atom. The summed E-state index contributed by atoms with van der Waals surface area (Å²) in [5.41, 5.74) is 12.3. The van der Waals surface area contributed by atoms with Crippen LogP contribution in [0.5, 0.6) is 0 Å². The van der Waals surface area contributed by atoms with Crippen molar-refractivity contribution in [3.05, 3.63) is 145 Å². The molecule has 5 aromatic carbocycles. The van der Waals surface area contributed by atoms with E-state index in [2.05, 4.69) is 137 Å². The van der Waals surface area contributed by atoms with Crippen molar-refractivity contribution in [2.75, 3.05) is 16.3 Å². The smallest absolute Gasteiger partial charge is 0.135 e. The first-order chi connectivity index (χ1) is 20.3. The van der Waals surface area contributed by atoms with Crippen molar-refractivity contribution in [1.82, 2.24) is 0 Å². The van der Waals surface area contributed by atoms with Crippen molar-refractivity contribution >= 4 is 44.7 Å². The molecule has 2 atom stereocenters. The molecule has 0 amide bonds. The highest BCUT2D eigenvalue weighted by Gasteiger charge is 2.38. The van der Waals surface area contributed by atoms with Crippen LogP contribution in [0.15, 0.2) is 138 Å². The van der Waals surface area contributed by atoms with Gasteiger partial charge in [0, 0.05) is 40.2 Å². The van der Waals surface area contributed by atoms with Crippen molar-refractivity contribution in [1.29, 1.82) is 0 Å². The molecule has 0 fully saturated rings. The van der Waals surface area contributed by atoms with Gasteiger partial charge in [0.15, 0.2) is 0 Å². The fourth-order valence-electron chi connectivity index (χ4n) is 7.29. The lowest BCUT2D eigenvalue weighted by atomic mass is 9.84. The molecule has 0 spiro atoms. The quantitative estimate of drug-likeness (QED) is 0.223. The third kappa shape index (κ3) is 3.32. The van der Waals surface area contributed by atoms with Gasteiger partial charge in [-0.25, -0.2) is 0 Å². The second-order valence-electron chi connectivity index (χ2n) is 11.2. The lowest BCUT2D eigenvalue weighted by Crippen LogP contribution is -2.34. The Kier molecular flexibility index (Phi) is 4.85. The summed E-state index contributed by atoms with van der Waals surface area (Å²) in [6.45, 7) is 0.984. The molecule has 3 heteroatoms. The van der Waals surface area contributed by atoms with Crippen molar-refractivity contribution in [3.8, 4) is 11.1 Å². The van der Waals surface area contributed by atoms with Gasteiger partial charge in [0.05, 0.1) is 17.4 Å². The predicted molar refractivity (Wildman–Crippen MR) is 170 cm³/mol. The summed E-state index contributed by atoms with van der Waals surface area (Å²) in [5.74, 6) is 0.225. The Morgan fingerprint density at radius 3 is 2.41 bits per heavy atom. The summed E-state index contributed by atoms with van der Waals surface area (Å²) in [4.78, 5) is 5.10. The molecule has 0 saturated carbocycles. The van der Waals surface area contributed by atoms with Gasteiger partial charge in [0.2, 0.25) is 0 Å². The zero-order chi connectivity index (χ0) is 26.9. The second kappa shape index (κ2) is 8.74. The molecule has 3 heterocycles. The maximum Gasteiger partial charge on any atom is 0.135 e. The molecule has 196 valence electrons. The van der Waals surface area contributed by atoms with E-state index >= 15 is 0 Å². The van der Waals surface area contributed by atoms with Crippen LogP contribution in [0.4, 0.5) is 22.7 Å². The van der Waals surface area contributed by atoms with Gasteiger partial charge in [-0.3, -0.25) is 0 Å². The summed E-state index contributed by atoms with van der Waals surface area (Å²) in [6.07, 6.45) is 10.2. The van der Waals surface area contributed by atoms with E-state index < -0.39 is 0 Å². The zero-order valence-electron chi connectivity index (χ0n) is 22.6. The number of furan rings is 1. The Bertz CT molecular complexity index is 2030. The summed E-state index contributed by atoms with van der Waals surface area (Å²) in [7, 11) is 0. The van der Waals surface area contributed by atoms with Crippen LogP contribution in [0.1, 0.15) is 17.0 Å². The van der Waals surface area contributed by atoms with Crippen LogP contribution < -0.4 is 9.80 Å². The van der Waals surface area contributed by atoms with Crippen LogP contribution >= 0.6 is 0 Å². The van der Waals surface area contributed by atoms with E-state index in [0.717, 1.165) is 34.9 Å². The molecule has 41 heavy (non-hydrogen) atoms. The minimum absolute atomic E-state index is 0.141. The number of hydrogen-bond acceptors (Lipinski definition) is 3. The number of fused-ring (bicyclic) bond motifs is 10. The lowest BCUT2D eigenvalue weighted by molar-refractivity contribution is 0.668. The molecule has 2 aliphatic heterocycles. The average molecular weight is 529 g/mol. The number of anilines is 4. The standard InChI is InChI=1S/C38H28N2O/c1-2-10-26(11-3-1)39-23-22-25-18-20-34-37(38(25)39)31-15-5-4-12-28(31)29-13-6-8-16-33(29)40(34)27-19-21-36-32(24-27)30-14-7-9-17-35(30)41-36/h1-21,24,29,33H,22-23H2. The maximum atomic E-state index is 6.22. The number of benzene rings is 5. The summed E-state index contributed by atoms with van der Waals surface area (Å²) in [6, 6.07) is 39.8. The third-order valence-electron chi connectivity index (χ3n) is 9.07. The van der Waals surface area contributed by atoms with Gasteiger partial charge in [-0.15, -0.1) is 0 Å². The number of allylic oxidation sites excluding steroid dienone is 2. The SMILES string of the molecule is C1=CC2c3ccccc3-c3c(ccc4c3N(c3ccccc3)CC4)N(c3ccc4oc5ccccc5c4c3)C2C=C1. The third-order valence-corrected chi connectivity index (χ3v) is 9.07. The van der Waals surface area contributed by atoms with Crippen molar-refractivity contribution in [2.45, 2.75) is 18.4 Å². The van der Waals surface area contributed by atoms with Crippen LogP contribution in [-0.4, -0.2) is 12.6 Å². The van der Waals surface area contributed by atoms with E-state index in [1.165, 1.54) is 45.0 Å². The van der Waals surface area contributed by atoms with E-state index in [4.69, 9.17) is 4.42 Å². The van der Waals surface area contributed by atoms with Crippen molar-refractivity contribution < 1.29 is 4.42 Å². The van der Waals surface area contributed by atoms with Gasteiger partial charge in [-0.1, -0.05) is 91.0 Å². The highest BCUT2D eigenvalue weighted by molar-refractivity contribution is 6.07. The molecule has 3 nitrogen and oxygen atoms in total. The first kappa shape index (κ1) is 22.8. The molecule has 0 N–H and O–H groups in total. The summed E-state index contributed by atoms with van der Waals surface area (Å²) in [5, 5.41) is 2.31. The minimum atomic E-state index is 0.141. The molecule has 0 radical (unpaired) electrons. The minimum Gasteiger partial charge on any atom is -0.456 e. The van der Waals surface area contributed by atoms with Gasteiger partial charge < -0.3 is 14.2 Å². The van der Waals surface area contributed by atoms with Crippen molar-refractivity contribution in [2.24, 2.45) is 0 Å². The van der Waals surface area contributed by atoms with Crippen molar-refractivity contribution in [3.63, 3.8) is 0 Å². The maximum absolute atomic E-state index is 6.22. The Labute approximate surface area is 239 Å². The zero-order valence-corrected chi connectivity index (χ0v) is 22.6. The highest BCUT2D eigenvalue weighted by Crippen LogP contribution is 2.54. The van der Waals surface area contributed by atoms with Crippen LogP contribution in [0.3, 0.4) is 0 Å². The second-order valence-corrected chi connectivity index (χ2v) is 11.2. The first-order valence-corrected chi connectivity index (χ1v) is 14.5. The molecule has 0 bridgehead atoms. The lowest BCUT2D eigenvalue weighted by Gasteiger charge is -2.36. The molecule has 3 aliphatic rings. The summed E-state index contributed by atoms with van der Waals surface area (Å²) < 4.78 is 6.22. The van der Waals surface area contributed by atoms with Gasteiger partial charge in [0.25, 0.3) is 0 Å². The molecule has 0 saturated heterocycles. The number of para-hydroxylation sites is 2.